The summed E-state index contributed by atoms with van der Waals surface area (Å²) in [4.78, 5) is 0. The second-order valence-electron chi connectivity index (χ2n) is 4.22. The van der Waals surface area contributed by atoms with Crippen molar-refractivity contribution in [2.45, 2.75) is 34.0 Å². The van der Waals surface area contributed by atoms with Crippen LogP contribution in [-0.4, -0.2) is 12.9 Å². The van der Waals surface area contributed by atoms with E-state index in [4.69, 9.17) is 9.47 Å². The maximum atomic E-state index is 5.60. The zero-order chi connectivity index (χ0) is 10.0. The molecule has 0 N–H and O–H groups in total. The van der Waals surface area contributed by atoms with Crippen molar-refractivity contribution in [1.29, 1.82) is 0 Å². The van der Waals surface area contributed by atoms with Gasteiger partial charge in [-0.2, -0.15) is 0 Å². The van der Waals surface area contributed by atoms with Crippen LogP contribution in [0.2, 0.25) is 0 Å². The number of hydrogen-bond donors (Lipinski definition) is 0. The molecule has 1 aliphatic heterocycles. The zero-order valence-corrected chi connectivity index (χ0v) is 9.04. The molecule has 0 aromatic heterocycles. The topological polar surface area (TPSA) is 18.5 Å². The molecule has 0 bridgehead atoms. The molecule has 0 aromatic rings. The highest BCUT2D eigenvalue weighted by Gasteiger charge is 2.33. The summed E-state index contributed by atoms with van der Waals surface area (Å²) < 4.78 is 11.1. The summed E-state index contributed by atoms with van der Waals surface area (Å²) in [7, 11) is 0. The second kappa shape index (κ2) is 4.14. The second-order valence-corrected chi connectivity index (χ2v) is 4.22. The molecule has 76 valence electrons. The Balaban J connectivity index is 2.53. The van der Waals surface area contributed by atoms with Gasteiger partial charge < -0.3 is 9.47 Å². The van der Waals surface area contributed by atoms with Gasteiger partial charge in [0.05, 0.1) is 12.4 Å². The third-order valence-corrected chi connectivity index (χ3v) is 3.00. The standard InChI is InChI=1S/C11H20O2/c1-7(2)13-11-10(5)9(4)8(3)6-12-11/h8-11H,1,6H2,2-5H3/t8-,9-,10?,11-/m0/s1. The highest BCUT2D eigenvalue weighted by molar-refractivity contribution is 4.81. The van der Waals surface area contributed by atoms with Crippen LogP contribution in [0.4, 0.5) is 0 Å². The molecule has 0 spiro atoms. The molecule has 0 saturated carbocycles. The maximum absolute atomic E-state index is 5.60. The van der Waals surface area contributed by atoms with Gasteiger partial charge in [0.15, 0.2) is 0 Å². The fraction of sp³-hybridized carbons (Fsp3) is 0.818. The van der Waals surface area contributed by atoms with Crippen LogP contribution in [-0.2, 0) is 9.47 Å². The van der Waals surface area contributed by atoms with Crippen molar-refractivity contribution in [3.8, 4) is 0 Å². The van der Waals surface area contributed by atoms with Crippen LogP contribution in [0.3, 0.4) is 0 Å². The first-order chi connectivity index (χ1) is 6.02. The number of ether oxygens (including phenoxy) is 2. The predicted octanol–water partition coefficient (Wildman–Crippen LogP) is 2.80. The highest BCUT2D eigenvalue weighted by Crippen LogP contribution is 2.31. The summed E-state index contributed by atoms with van der Waals surface area (Å²) in [6.45, 7) is 13.0. The molecule has 1 saturated heterocycles. The minimum Gasteiger partial charge on any atom is -0.470 e. The normalized spacial score (nSPS) is 40.0. The Kier molecular flexibility index (Phi) is 3.37. The smallest absolute Gasteiger partial charge is 0.202 e. The molecule has 1 rings (SSSR count). The Morgan fingerprint density at radius 2 is 1.92 bits per heavy atom. The Bertz CT molecular complexity index is 189. The minimum atomic E-state index is -0.0938. The SMILES string of the molecule is C=C(C)O[C@@H]1OC[C@H](C)[C@H](C)C1C. The lowest BCUT2D eigenvalue weighted by Gasteiger charge is -2.38. The molecule has 1 fully saturated rings. The summed E-state index contributed by atoms with van der Waals surface area (Å²) in [5, 5.41) is 0. The Morgan fingerprint density at radius 1 is 1.31 bits per heavy atom. The van der Waals surface area contributed by atoms with Gasteiger partial charge in [-0.1, -0.05) is 27.4 Å². The van der Waals surface area contributed by atoms with Gasteiger partial charge in [0, 0.05) is 5.92 Å². The van der Waals surface area contributed by atoms with Crippen molar-refractivity contribution < 1.29 is 9.47 Å². The third kappa shape index (κ3) is 2.47. The van der Waals surface area contributed by atoms with Crippen LogP contribution in [0.1, 0.15) is 27.7 Å². The van der Waals surface area contributed by atoms with E-state index in [1.165, 1.54) is 0 Å². The van der Waals surface area contributed by atoms with Crippen LogP contribution < -0.4 is 0 Å². The molecule has 4 atom stereocenters. The van der Waals surface area contributed by atoms with E-state index in [9.17, 15) is 0 Å². The number of allylic oxidation sites excluding steroid dienone is 1. The molecule has 0 aliphatic carbocycles. The van der Waals surface area contributed by atoms with Gasteiger partial charge >= 0.3 is 0 Å². The fourth-order valence-corrected chi connectivity index (χ4v) is 1.66. The van der Waals surface area contributed by atoms with Crippen molar-refractivity contribution in [3.05, 3.63) is 12.3 Å². The molecular formula is C11H20O2. The van der Waals surface area contributed by atoms with E-state index in [0.717, 1.165) is 12.4 Å². The Hall–Kier alpha value is -0.500. The minimum absolute atomic E-state index is 0.0938. The van der Waals surface area contributed by atoms with E-state index < -0.39 is 0 Å². The van der Waals surface area contributed by atoms with Gasteiger partial charge in [0.25, 0.3) is 0 Å². The lowest BCUT2D eigenvalue weighted by molar-refractivity contribution is -0.197. The molecule has 13 heavy (non-hydrogen) atoms. The zero-order valence-electron chi connectivity index (χ0n) is 9.04. The lowest BCUT2D eigenvalue weighted by Crippen LogP contribution is -2.39. The lowest BCUT2D eigenvalue weighted by atomic mass is 9.83. The van der Waals surface area contributed by atoms with Crippen LogP contribution in [0.5, 0.6) is 0 Å². The molecule has 1 unspecified atom stereocenters. The predicted molar refractivity (Wildman–Crippen MR) is 53.1 cm³/mol. The van der Waals surface area contributed by atoms with Crippen molar-refractivity contribution in [2.75, 3.05) is 6.61 Å². The average molecular weight is 184 g/mol. The Labute approximate surface area is 80.9 Å². The van der Waals surface area contributed by atoms with Gasteiger partial charge in [-0.3, -0.25) is 0 Å². The molecule has 2 heteroatoms. The fourth-order valence-electron chi connectivity index (χ4n) is 1.66. The maximum Gasteiger partial charge on any atom is 0.202 e. The number of hydrogen-bond acceptors (Lipinski definition) is 2. The summed E-state index contributed by atoms with van der Waals surface area (Å²) in [6.07, 6.45) is -0.0938. The van der Waals surface area contributed by atoms with Crippen molar-refractivity contribution in [1.82, 2.24) is 0 Å². The summed E-state index contributed by atoms with van der Waals surface area (Å²) in [5.41, 5.74) is 0. The first kappa shape index (κ1) is 10.6. The van der Waals surface area contributed by atoms with E-state index in [1.807, 2.05) is 6.92 Å². The van der Waals surface area contributed by atoms with Crippen molar-refractivity contribution >= 4 is 0 Å². The van der Waals surface area contributed by atoms with Crippen molar-refractivity contribution in [3.63, 3.8) is 0 Å². The van der Waals surface area contributed by atoms with Gasteiger partial charge in [0.2, 0.25) is 6.29 Å². The monoisotopic (exact) mass is 184 g/mol. The van der Waals surface area contributed by atoms with E-state index in [1.54, 1.807) is 0 Å². The van der Waals surface area contributed by atoms with Gasteiger partial charge in [0.1, 0.15) is 0 Å². The number of rotatable bonds is 2. The van der Waals surface area contributed by atoms with E-state index in [-0.39, 0.29) is 6.29 Å². The summed E-state index contributed by atoms with van der Waals surface area (Å²) in [6, 6.07) is 0. The van der Waals surface area contributed by atoms with Crippen LogP contribution in [0, 0.1) is 17.8 Å². The molecule has 0 aromatic carbocycles. The van der Waals surface area contributed by atoms with E-state index in [2.05, 4.69) is 27.4 Å². The van der Waals surface area contributed by atoms with Crippen LogP contribution in [0.25, 0.3) is 0 Å². The van der Waals surface area contributed by atoms with Crippen LogP contribution in [0.15, 0.2) is 12.3 Å². The summed E-state index contributed by atoms with van der Waals surface area (Å²) >= 11 is 0. The molecule has 0 radical (unpaired) electrons. The summed E-state index contributed by atoms with van der Waals surface area (Å²) in [5.74, 6) is 2.46. The van der Waals surface area contributed by atoms with Gasteiger partial charge in [-0.05, 0) is 18.8 Å². The molecular weight excluding hydrogens is 164 g/mol. The first-order valence-corrected chi connectivity index (χ1v) is 4.96. The molecule has 2 nitrogen and oxygen atoms in total. The van der Waals surface area contributed by atoms with Crippen molar-refractivity contribution in [2.24, 2.45) is 17.8 Å². The quantitative estimate of drug-likeness (QED) is 0.614. The van der Waals surface area contributed by atoms with E-state index >= 15 is 0 Å². The first-order valence-electron chi connectivity index (χ1n) is 4.96. The van der Waals surface area contributed by atoms with Gasteiger partial charge in [-0.25, -0.2) is 0 Å². The molecule has 0 amide bonds. The molecule has 1 heterocycles. The largest absolute Gasteiger partial charge is 0.470 e. The third-order valence-electron chi connectivity index (χ3n) is 3.00. The van der Waals surface area contributed by atoms with Crippen LogP contribution >= 0.6 is 0 Å². The average Bonchev–Trinajstić information content (AvgIpc) is 2.06. The Morgan fingerprint density at radius 3 is 2.46 bits per heavy atom. The van der Waals surface area contributed by atoms with Gasteiger partial charge in [-0.15, -0.1) is 0 Å². The molecule has 1 aliphatic rings. The van der Waals surface area contributed by atoms with E-state index in [0.29, 0.717) is 17.8 Å². The highest BCUT2D eigenvalue weighted by atomic mass is 16.7.